The van der Waals surface area contributed by atoms with Crippen molar-refractivity contribution in [3.63, 3.8) is 0 Å². The van der Waals surface area contributed by atoms with E-state index < -0.39 is 25.0 Å². The number of carbonyl (C=O) groups is 4. The van der Waals surface area contributed by atoms with Gasteiger partial charge in [-0.3, -0.25) is 38.8 Å². The highest BCUT2D eigenvalue weighted by Crippen LogP contribution is 2.25. The molecular weight excluding hydrogens is 761 g/mol. The Morgan fingerprint density at radius 1 is 0.695 bits per heavy atom. The number of aromatic nitrogens is 1. The Balaban J connectivity index is 1.37. The van der Waals surface area contributed by atoms with Crippen LogP contribution in [0.3, 0.4) is 0 Å². The first-order valence-corrected chi connectivity index (χ1v) is 19.5. The maximum Gasteiger partial charge on any atom is 0.488 e. The molecule has 5 N–H and O–H groups in total. The van der Waals surface area contributed by atoms with Crippen LogP contribution in [0.5, 0.6) is 0 Å². The van der Waals surface area contributed by atoms with E-state index in [0.717, 1.165) is 38.4 Å². The first kappa shape index (κ1) is 45.0. The molecule has 59 heavy (non-hydrogen) atoms. The van der Waals surface area contributed by atoms with Crippen molar-refractivity contribution >= 4 is 58.1 Å². The van der Waals surface area contributed by atoms with Crippen molar-refractivity contribution in [2.24, 2.45) is 0 Å². The Hall–Kier alpha value is -5.05. The molecule has 0 aliphatic carbocycles. The standard InChI is InChI=1S/C41H54BN7O10/c1-43(38(50)26-45-13-15-46(27-39(51)52)17-19-48(29-41(55)56)20-18-47(16-14-45)28-40(53)54)22-30-11-12-37-34(21-30)33-9-5-4-7-31(33)23-49(37)24-32-8-6-10-36(42(57)58)35(32)25-44(2)59-3/h4-12,21,23,57-58H,13-20,22,24-29H2,1-3H3,(H2-,51,52,53,54,55,56)/p+1. The summed E-state index contributed by atoms with van der Waals surface area (Å²) >= 11 is 0. The second kappa shape index (κ2) is 21.3. The van der Waals surface area contributed by atoms with Crippen LogP contribution in [0, 0.1) is 0 Å². The Labute approximate surface area is 343 Å². The number of hydroxylamine groups is 2. The van der Waals surface area contributed by atoms with Crippen LogP contribution < -0.4 is 10.0 Å². The predicted octanol–water partition coefficient (Wildman–Crippen LogP) is -0.564. The van der Waals surface area contributed by atoms with E-state index in [-0.39, 0.29) is 45.2 Å². The summed E-state index contributed by atoms with van der Waals surface area (Å²) < 4.78 is 2.14. The van der Waals surface area contributed by atoms with E-state index in [9.17, 15) is 44.5 Å². The number of benzene rings is 3. The van der Waals surface area contributed by atoms with E-state index in [1.807, 2.05) is 47.4 Å². The van der Waals surface area contributed by atoms with E-state index in [1.165, 1.54) is 0 Å². The van der Waals surface area contributed by atoms with Gasteiger partial charge in [-0.05, 0) is 28.7 Å². The molecule has 17 nitrogen and oxygen atoms in total. The quantitative estimate of drug-likeness (QED) is 0.0417. The van der Waals surface area contributed by atoms with E-state index in [0.29, 0.717) is 64.4 Å². The number of aliphatic carboxylic acids is 3. The zero-order valence-corrected chi connectivity index (χ0v) is 33.9. The molecule has 316 valence electrons. The van der Waals surface area contributed by atoms with Gasteiger partial charge in [0.15, 0.2) is 12.7 Å². The zero-order chi connectivity index (χ0) is 42.6. The van der Waals surface area contributed by atoms with Crippen LogP contribution in [0.15, 0.2) is 66.9 Å². The first-order valence-electron chi connectivity index (χ1n) is 19.5. The van der Waals surface area contributed by atoms with Gasteiger partial charge < -0.3 is 35.1 Å². The molecule has 1 aliphatic rings. The van der Waals surface area contributed by atoms with Crippen molar-refractivity contribution in [2.45, 2.75) is 19.6 Å². The number of carboxylic acid groups (broad SMARTS) is 3. The summed E-state index contributed by atoms with van der Waals surface area (Å²) in [6.07, 6.45) is 2.08. The van der Waals surface area contributed by atoms with Crippen LogP contribution in [-0.4, -0.2) is 186 Å². The Kier molecular flexibility index (Phi) is 16.2. The van der Waals surface area contributed by atoms with E-state index in [1.54, 1.807) is 51.9 Å². The second-order valence-corrected chi connectivity index (χ2v) is 15.1. The third kappa shape index (κ3) is 13.0. The minimum atomic E-state index is -1.65. The number of rotatable bonds is 16. The predicted molar refractivity (Wildman–Crippen MR) is 221 cm³/mol. The largest absolute Gasteiger partial charge is 0.488 e. The van der Waals surface area contributed by atoms with Gasteiger partial charge in [-0.1, -0.05) is 42.5 Å². The fourth-order valence-electron chi connectivity index (χ4n) is 7.54. The Morgan fingerprint density at radius 2 is 1.24 bits per heavy atom. The molecule has 0 radical (unpaired) electrons. The van der Waals surface area contributed by atoms with Crippen LogP contribution >= 0.6 is 0 Å². The molecule has 1 aliphatic heterocycles. The van der Waals surface area contributed by atoms with Gasteiger partial charge in [0.25, 0.3) is 0 Å². The number of hydrogen-bond acceptors (Lipinski definition) is 12. The topological polar surface area (TPSA) is 202 Å². The third-order valence-corrected chi connectivity index (χ3v) is 10.7. The van der Waals surface area contributed by atoms with Crippen LogP contribution in [0.2, 0.25) is 0 Å². The number of hydrogen-bond donors (Lipinski definition) is 5. The second-order valence-electron chi connectivity index (χ2n) is 15.1. The monoisotopic (exact) mass is 816 g/mol. The fraction of sp³-hybridized carbons (Fsp3) is 0.439. The minimum absolute atomic E-state index is 0.0299. The number of amides is 1. The highest BCUT2D eigenvalue weighted by atomic mass is 16.7. The van der Waals surface area contributed by atoms with Crippen molar-refractivity contribution in [3.05, 3.63) is 83.6 Å². The van der Waals surface area contributed by atoms with Crippen molar-refractivity contribution < 1.29 is 54.0 Å². The molecule has 0 spiro atoms. The summed E-state index contributed by atoms with van der Waals surface area (Å²) in [4.78, 5) is 62.9. The zero-order valence-electron chi connectivity index (χ0n) is 33.9. The summed E-state index contributed by atoms with van der Waals surface area (Å²) in [5, 5.41) is 53.6. The van der Waals surface area contributed by atoms with Crippen LogP contribution in [-0.2, 0) is 43.7 Å². The molecule has 0 saturated carbocycles. The molecule has 4 aromatic rings. The Bertz CT molecular complexity index is 2070. The first-order chi connectivity index (χ1) is 28.2. The number of fused-ring (bicyclic) bond motifs is 3. The summed E-state index contributed by atoms with van der Waals surface area (Å²) in [5.41, 5.74) is 3.91. The number of carbonyl (C=O) groups excluding carboxylic acids is 1. The van der Waals surface area contributed by atoms with Gasteiger partial charge in [0.05, 0.1) is 38.7 Å². The Morgan fingerprint density at radius 3 is 1.76 bits per heavy atom. The summed E-state index contributed by atoms with van der Waals surface area (Å²) in [7, 11) is 3.41. The average Bonchev–Trinajstić information content (AvgIpc) is 3.18. The lowest BCUT2D eigenvalue weighted by atomic mass is 9.75. The van der Waals surface area contributed by atoms with Gasteiger partial charge in [-0.15, -0.1) is 0 Å². The van der Waals surface area contributed by atoms with E-state index in [4.69, 9.17) is 4.84 Å². The summed E-state index contributed by atoms with van der Waals surface area (Å²) in [5.74, 6) is -3.21. The van der Waals surface area contributed by atoms with Gasteiger partial charge in [-0.2, -0.15) is 9.63 Å². The smallest absolute Gasteiger partial charge is 0.480 e. The van der Waals surface area contributed by atoms with Gasteiger partial charge >= 0.3 is 25.0 Å². The van der Waals surface area contributed by atoms with Crippen molar-refractivity contribution in [2.75, 3.05) is 99.7 Å². The summed E-state index contributed by atoms with van der Waals surface area (Å²) in [6, 6.07) is 19.6. The normalized spacial score (nSPS) is 15.6. The molecule has 1 saturated heterocycles. The third-order valence-electron chi connectivity index (χ3n) is 10.7. The van der Waals surface area contributed by atoms with Crippen LogP contribution in [0.25, 0.3) is 21.7 Å². The van der Waals surface area contributed by atoms with Gasteiger partial charge in [0.2, 0.25) is 11.4 Å². The molecule has 5 rings (SSSR count). The van der Waals surface area contributed by atoms with Crippen LogP contribution in [0.1, 0.15) is 16.7 Å². The summed E-state index contributed by atoms with van der Waals surface area (Å²) in [6.45, 7) is 2.87. The fourth-order valence-corrected chi connectivity index (χ4v) is 7.54. The molecule has 1 aromatic heterocycles. The molecular formula is C41H55BN7O10+. The van der Waals surface area contributed by atoms with E-state index >= 15 is 0 Å². The van der Waals surface area contributed by atoms with Gasteiger partial charge in [0.1, 0.15) is 0 Å². The molecule has 0 atom stereocenters. The average molecular weight is 817 g/mol. The molecule has 0 unspecified atom stereocenters. The van der Waals surface area contributed by atoms with E-state index in [2.05, 4.69) is 22.9 Å². The minimum Gasteiger partial charge on any atom is -0.480 e. The molecule has 3 aromatic carbocycles. The lowest BCUT2D eigenvalue weighted by Crippen LogP contribution is -2.49. The molecule has 1 fully saturated rings. The van der Waals surface area contributed by atoms with Gasteiger partial charge in [0, 0.05) is 102 Å². The number of likely N-dealkylation sites (N-methyl/N-ethyl adjacent to an activating group) is 1. The number of nitrogens with zero attached hydrogens (tertiary/aromatic N) is 7. The highest BCUT2D eigenvalue weighted by molar-refractivity contribution is 6.59. The van der Waals surface area contributed by atoms with Crippen molar-refractivity contribution in [1.29, 1.82) is 0 Å². The highest BCUT2D eigenvalue weighted by Gasteiger charge is 2.25. The maximum atomic E-state index is 13.8. The lowest BCUT2D eigenvalue weighted by molar-refractivity contribution is -0.661. The maximum absolute atomic E-state index is 13.8. The molecule has 1 amide bonds. The molecule has 0 bridgehead atoms. The van der Waals surface area contributed by atoms with Crippen molar-refractivity contribution in [1.82, 2.24) is 29.6 Å². The lowest BCUT2D eigenvalue weighted by Gasteiger charge is -2.33. The van der Waals surface area contributed by atoms with Crippen molar-refractivity contribution in [3.8, 4) is 0 Å². The van der Waals surface area contributed by atoms with Crippen LogP contribution in [0.4, 0.5) is 0 Å². The molecule has 18 heteroatoms. The van der Waals surface area contributed by atoms with Gasteiger partial charge in [-0.25, -0.2) is 0 Å². The molecule has 2 heterocycles. The number of pyridine rings is 1. The SMILES string of the molecule is CON(C)Cc1c(C[n+]2cc3ccccc3c3cc(CN(C)C(=O)CN4CCN(CC(=O)O)CCN(CC(=O)O)CCN(CC(=O)O)CC4)ccc32)cccc1B(O)O. The number of carboxylic acids is 3.